The van der Waals surface area contributed by atoms with Crippen molar-refractivity contribution in [2.45, 2.75) is 13.5 Å². The van der Waals surface area contributed by atoms with Crippen LogP contribution in [0, 0.1) is 0 Å². The number of rotatable bonds is 7. The number of thiocarbonyl (C=S) groups is 1. The predicted molar refractivity (Wildman–Crippen MR) is 106 cm³/mol. The van der Waals surface area contributed by atoms with Gasteiger partial charge in [-0.05, 0) is 49.0 Å². The van der Waals surface area contributed by atoms with E-state index >= 15 is 0 Å². The number of hydrazone groups is 1. The lowest BCUT2D eigenvalue weighted by Crippen LogP contribution is -2.31. The van der Waals surface area contributed by atoms with Crippen LogP contribution in [0.1, 0.15) is 28.4 Å². The standard InChI is InChI=1S/C19H21N3O3S/c1-3-20-19(26)22-21-12-16-6-4-5-7-17(16)25-13-14-8-10-15(11-9-14)18(23)24-2/h4-12H,3,13H2,1-2H3,(H2,20,22,26)/b21-12-. The van der Waals surface area contributed by atoms with Crippen molar-refractivity contribution in [3.63, 3.8) is 0 Å². The molecule has 0 aromatic heterocycles. The van der Waals surface area contributed by atoms with Gasteiger partial charge in [-0.2, -0.15) is 5.10 Å². The molecule has 0 radical (unpaired) electrons. The molecule has 0 bridgehead atoms. The Hall–Kier alpha value is -2.93. The Kier molecular flexibility index (Phi) is 7.57. The Morgan fingerprint density at radius 3 is 2.62 bits per heavy atom. The Balaban J connectivity index is 1.98. The van der Waals surface area contributed by atoms with Crippen molar-refractivity contribution < 1.29 is 14.3 Å². The third kappa shape index (κ3) is 5.86. The van der Waals surface area contributed by atoms with E-state index in [0.29, 0.717) is 23.0 Å². The monoisotopic (exact) mass is 371 g/mol. The number of carbonyl (C=O) groups excluding carboxylic acids is 1. The first-order valence-electron chi connectivity index (χ1n) is 8.10. The summed E-state index contributed by atoms with van der Waals surface area (Å²) in [5, 5.41) is 7.52. The molecule has 0 saturated carbocycles. The second-order valence-corrected chi connectivity index (χ2v) is 5.65. The molecule has 0 aliphatic carbocycles. The number of carbonyl (C=O) groups is 1. The number of esters is 1. The van der Waals surface area contributed by atoms with Crippen molar-refractivity contribution in [3.05, 3.63) is 65.2 Å². The highest BCUT2D eigenvalue weighted by atomic mass is 32.1. The predicted octanol–water partition coefficient (Wildman–Crippen LogP) is 2.87. The second-order valence-electron chi connectivity index (χ2n) is 5.24. The summed E-state index contributed by atoms with van der Waals surface area (Å²) in [5.41, 5.74) is 5.02. The summed E-state index contributed by atoms with van der Waals surface area (Å²) in [7, 11) is 1.36. The van der Waals surface area contributed by atoms with E-state index < -0.39 is 0 Å². The average Bonchev–Trinajstić information content (AvgIpc) is 2.67. The van der Waals surface area contributed by atoms with Crippen molar-refractivity contribution in [2.24, 2.45) is 5.10 Å². The zero-order valence-electron chi connectivity index (χ0n) is 14.7. The number of hydrogen-bond donors (Lipinski definition) is 2. The maximum Gasteiger partial charge on any atom is 0.337 e. The molecule has 2 N–H and O–H groups in total. The number of nitrogens with zero attached hydrogens (tertiary/aromatic N) is 1. The summed E-state index contributed by atoms with van der Waals surface area (Å²) in [4.78, 5) is 11.5. The molecule has 0 aliphatic rings. The van der Waals surface area contributed by atoms with Gasteiger partial charge in [0.1, 0.15) is 12.4 Å². The van der Waals surface area contributed by atoms with Gasteiger partial charge in [0, 0.05) is 12.1 Å². The van der Waals surface area contributed by atoms with E-state index in [2.05, 4.69) is 20.6 Å². The quantitative estimate of drug-likeness (QED) is 0.337. The van der Waals surface area contributed by atoms with Crippen LogP contribution in [0.5, 0.6) is 5.75 Å². The summed E-state index contributed by atoms with van der Waals surface area (Å²) in [5.74, 6) is 0.339. The Morgan fingerprint density at radius 2 is 1.92 bits per heavy atom. The third-order valence-corrected chi connectivity index (χ3v) is 3.63. The lowest BCUT2D eigenvalue weighted by atomic mass is 10.1. The van der Waals surface area contributed by atoms with Crippen molar-refractivity contribution in [1.82, 2.24) is 10.7 Å². The zero-order chi connectivity index (χ0) is 18.8. The number of para-hydroxylation sites is 1. The van der Waals surface area contributed by atoms with Crippen LogP contribution >= 0.6 is 12.2 Å². The first-order valence-corrected chi connectivity index (χ1v) is 8.51. The summed E-state index contributed by atoms with van der Waals surface area (Å²) >= 11 is 5.05. The molecular weight excluding hydrogens is 350 g/mol. The highest BCUT2D eigenvalue weighted by molar-refractivity contribution is 7.80. The van der Waals surface area contributed by atoms with Crippen LogP contribution in [0.25, 0.3) is 0 Å². The third-order valence-electron chi connectivity index (χ3n) is 3.40. The molecule has 0 spiro atoms. The molecule has 2 aromatic carbocycles. The van der Waals surface area contributed by atoms with Gasteiger partial charge in [-0.1, -0.05) is 24.3 Å². The fraction of sp³-hybridized carbons (Fsp3) is 0.211. The molecule has 0 aliphatic heterocycles. The van der Waals surface area contributed by atoms with Gasteiger partial charge in [-0.15, -0.1) is 0 Å². The van der Waals surface area contributed by atoms with Crippen LogP contribution < -0.4 is 15.5 Å². The molecule has 0 amide bonds. The minimum Gasteiger partial charge on any atom is -0.488 e. The van der Waals surface area contributed by atoms with Gasteiger partial charge in [0.25, 0.3) is 0 Å². The maximum atomic E-state index is 11.5. The number of ether oxygens (including phenoxy) is 2. The SMILES string of the molecule is CCNC(=S)N/N=C\c1ccccc1OCc1ccc(C(=O)OC)cc1. The van der Waals surface area contributed by atoms with Crippen LogP contribution in [0.2, 0.25) is 0 Å². The number of nitrogens with one attached hydrogen (secondary N) is 2. The zero-order valence-corrected chi connectivity index (χ0v) is 15.5. The van der Waals surface area contributed by atoms with Gasteiger partial charge in [0.15, 0.2) is 5.11 Å². The minimum atomic E-state index is -0.359. The average molecular weight is 371 g/mol. The van der Waals surface area contributed by atoms with E-state index in [1.807, 2.05) is 43.3 Å². The highest BCUT2D eigenvalue weighted by Crippen LogP contribution is 2.18. The van der Waals surface area contributed by atoms with Crippen LogP contribution in [-0.4, -0.2) is 31.0 Å². The Morgan fingerprint density at radius 1 is 1.19 bits per heavy atom. The van der Waals surface area contributed by atoms with Crippen molar-refractivity contribution >= 4 is 29.5 Å². The summed E-state index contributed by atoms with van der Waals surface area (Å²) in [6.45, 7) is 3.06. The fourth-order valence-electron chi connectivity index (χ4n) is 2.10. The van der Waals surface area contributed by atoms with E-state index in [-0.39, 0.29) is 5.97 Å². The van der Waals surface area contributed by atoms with Crippen molar-refractivity contribution in [2.75, 3.05) is 13.7 Å². The smallest absolute Gasteiger partial charge is 0.337 e. The van der Waals surface area contributed by atoms with Gasteiger partial charge in [0.05, 0.1) is 18.9 Å². The summed E-state index contributed by atoms with van der Waals surface area (Å²) in [6.07, 6.45) is 1.65. The van der Waals surface area contributed by atoms with E-state index in [1.54, 1.807) is 18.3 Å². The molecule has 7 heteroatoms. The van der Waals surface area contributed by atoms with Crippen LogP contribution in [-0.2, 0) is 11.3 Å². The Labute approximate surface area is 158 Å². The van der Waals surface area contributed by atoms with Crippen LogP contribution in [0.3, 0.4) is 0 Å². The summed E-state index contributed by atoms with van der Waals surface area (Å²) in [6, 6.07) is 14.7. The van der Waals surface area contributed by atoms with Crippen molar-refractivity contribution in [3.8, 4) is 5.75 Å². The number of benzene rings is 2. The molecule has 2 rings (SSSR count). The van der Waals surface area contributed by atoms with E-state index in [1.165, 1.54) is 7.11 Å². The van der Waals surface area contributed by atoms with E-state index in [4.69, 9.17) is 17.0 Å². The van der Waals surface area contributed by atoms with E-state index in [9.17, 15) is 4.79 Å². The van der Waals surface area contributed by atoms with Gasteiger partial charge in [-0.25, -0.2) is 4.79 Å². The minimum absolute atomic E-state index is 0.359. The molecule has 0 fully saturated rings. The number of hydrogen-bond acceptors (Lipinski definition) is 5. The molecule has 0 saturated heterocycles. The van der Waals surface area contributed by atoms with Crippen LogP contribution in [0.4, 0.5) is 0 Å². The largest absolute Gasteiger partial charge is 0.488 e. The fourth-order valence-corrected chi connectivity index (χ4v) is 2.29. The molecule has 0 atom stereocenters. The Bertz CT molecular complexity index is 776. The molecule has 136 valence electrons. The van der Waals surface area contributed by atoms with E-state index in [0.717, 1.165) is 17.7 Å². The first-order chi connectivity index (χ1) is 12.6. The van der Waals surface area contributed by atoms with Gasteiger partial charge in [0.2, 0.25) is 0 Å². The van der Waals surface area contributed by atoms with Crippen LogP contribution in [0.15, 0.2) is 53.6 Å². The lowest BCUT2D eigenvalue weighted by Gasteiger charge is -2.09. The van der Waals surface area contributed by atoms with Gasteiger partial charge < -0.3 is 14.8 Å². The highest BCUT2D eigenvalue weighted by Gasteiger charge is 2.05. The lowest BCUT2D eigenvalue weighted by molar-refractivity contribution is 0.0600. The number of methoxy groups -OCH3 is 1. The molecule has 2 aromatic rings. The molecule has 0 unspecified atom stereocenters. The molecule has 6 nitrogen and oxygen atoms in total. The normalized spacial score (nSPS) is 10.4. The van der Waals surface area contributed by atoms with Gasteiger partial charge in [-0.3, -0.25) is 5.43 Å². The molecule has 26 heavy (non-hydrogen) atoms. The maximum absolute atomic E-state index is 11.5. The molecule has 0 heterocycles. The van der Waals surface area contributed by atoms with Crippen molar-refractivity contribution in [1.29, 1.82) is 0 Å². The molecular formula is C19H21N3O3S. The topological polar surface area (TPSA) is 72.0 Å². The van der Waals surface area contributed by atoms with Gasteiger partial charge >= 0.3 is 5.97 Å². The first kappa shape index (κ1) is 19.4. The second kappa shape index (κ2) is 10.1. The summed E-state index contributed by atoms with van der Waals surface area (Å²) < 4.78 is 10.6.